The number of pyridine rings is 2. The van der Waals surface area contributed by atoms with Crippen molar-refractivity contribution < 1.29 is 14.3 Å². The van der Waals surface area contributed by atoms with Crippen LogP contribution in [0.25, 0.3) is 10.9 Å². The zero-order valence-corrected chi connectivity index (χ0v) is 19.4. The lowest BCUT2D eigenvalue weighted by molar-refractivity contribution is 0.0749. The van der Waals surface area contributed by atoms with Crippen molar-refractivity contribution in [2.24, 2.45) is 0 Å². The van der Waals surface area contributed by atoms with Gasteiger partial charge in [0.25, 0.3) is 0 Å². The zero-order valence-electron chi connectivity index (χ0n) is 19.4. The van der Waals surface area contributed by atoms with Crippen LogP contribution in [0.3, 0.4) is 0 Å². The molecule has 1 amide bonds. The van der Waals surface area contributed by atoms with E-state index in [1.165, 1.54) is 0 Å². The van der Waals surface area contributed by atoms with Crippen molar-refractivity contribution in [1.82, 2.24) is 25.1 Å². The number of aryl methyl sites for hydroxylation is 1. The molecule has 34 heavy (non-hydrogen) atoms. The average molecular weight is 464 g/mol. The monoisotopic (exact) mass is 463 g/mol. The number of nitrogens with one attached hydrogen (secondary N) is 3. The molecule has 1 unspecified atom stereocenters. The van der Waals surface area contributed by atoms with E-state index in [1.807, 2.05) is 36.1 Å². The fraction of sp³-hybridized carbons (Fsp3) is 0.417. The molecule has 2 bridgehead atoms. The molecule has 0 saturated carbocycles. The van der Waals surface area contributed by atoms with Gasteiger partial charge >= 0.3 is 6.09 Å². The molecule has 3 atom stereocenters. The van der Waals surface area contributed by atoms with E-state index in [0.717, 1.165) is 48.1 Å². The van der Waals surface area contributed by atoms with Crippen LogP contribution in [0.15, 0.2) is 36.9 Å². The van der Waals surface area contributed by atoms with Crippen molar-refractivity contribution in [3.05, 3.63) is 42.6 Å². The lowest BCUT2D eigenvalue weighted by atomic mass is 9.97. The molecule has 10 nitrogen and oxygen atoms in total. The van der Waals surface area contributed by atoms with E-state index < -0.39 is 0 Å². The van der Waals surface area contributed by atoms with Crippen molar-refractivity contribution in [3.63, 3.8) is 0 Å². The number of H-pyrrole nitrogens is 1. The Hall–Kier alpha value is -3.82. The average Bonchev–Trinajstić information content (AvgIpc) is 3.36. The Morgan fingerprint density at radius 1 is 1.24 bits per heavy atom. The van der Waals surface area contributed by atoms with E-state index in [-0.39, 0.29) is 30.8 Å². The van der Waals surface area contributed by atoms with Gasteiger partial charge in [-0.25, -0.2) is 14.8 Å². The third kappa shape index (κ3) is 4.35. The molecular weight excluding hydrogens is 434 g/mol. The number of methoxy groups -OCH3 is 1. The lowest BCUT2D eigenvalue weighted by Crippen LogP contribution is -2.50. The highest BCUT2D eigenvalue weighted by Crippen LogP contribution is 2.38. The number of fused-ring (bicyclic) bond motifs is 3. The van der Waals surface area contributed by atoms with Crippen molar-refractivity contribution in [3.8, 4) is 5.88 Å². The molecule has 178 valence electrons. The number of nitrogens with zero attached hydrogens (tertiary/aromatic N) is 4. The number of aromatic nitrogens is 4. The highest BCUT2D eigenvalue weighted by Gasteiger charge is 2.44. The van der Waals surface area contributed by atoms with Gasteiger partial charge in [0, 0.05) is 47.4 Å². The zero-order chi connectivity index (χ0) is 23.7. The number of aromatic amines is 1. The highest BCUT2D eigenvalue weighted by atomic mass is 16.6. The van der Waals surface area contributed by atoms with Gasteiger partial charge in [-0.2, -0.15) is 5.10 Å². The Morgan fingerprint density at radius 2 is 2.03 bits per heavy atom. The molecule has 10 heteroatoms. The van der Waals surface area contributed by atoms with Gasteiger partial charge in [0.15, 0.2) is 5.82 Å². The predicted molar refractivity (Wildman–Crippen MR) is 130 cm³/mol. The van der Waals surface area contributed by atoms with Crippen molar-refractivity contribution in [2.75, 3.05) is 24.4 Å². The summed E-state index contributed by atoms with van der Waals surface area (Å²) >= 11 is 0. The van der Waals surface area contributed by atoms with Crippen molar-refractivity contribution >= 4 is 34.4 Å². The number of ether oxygens (including phenoxy) is 2. The third-order valence-electron chi connectivity index (χ3n) is 6.44. The van der Waals surface area contributed by atoms with Gasteiger partial charge in [-0.1, -0.05) is 12.7 Å². The third-order valence-corrected chi connectivity index (χ3v) is 6.44. The summed E-state index contributed by atoms with van der Waals surface area (Å²) in [5, 5.41) is 15.0. The molecule has 2 aliphatic rings. The second-order valence-electron chi connectivity index (χ2n) is 8.81. The van der Waals surface area contributed by atoms with E-state index in [0.29, 0.717) is 17.5 Å². The molecule has 2 saturated heterocycles. The van der Waals surface area contributed by atoms with Gasteiger partial charge in [-0.15, -0.1) is 0 Å². The van der Waals surface area contributed by atoms with Crippen molar-refractivity contribution in [2.45, 2.75) is 50.7 Å². The minimum absolute atomic E-state index is 0.159. The first-order chi connectivity index (χ1) is 16.5. The minimum atomic E-state index is -0.244. The maximum Gasteiger partial charge on any atom is 0.410 e. The summed E-state index contributed by atoms with van der Waals surface area (Å²) in [6.45, 7) is 5.80. The first-order valence-corrected chi connectivity index (χ1v) is 11.5. The molecule has 0 aromatic carbocycles. The fourth-order valence-electron chi connectivity index (χ4n) is 5.00. The van der Waals surface area contributed by atoms with Gasteiger partial charge in [-0.3, -0.25) is 5.10 Å². The summed E-state index contributed by atoms with van der Waals surface area (Å²) in [5.74, 6) is 2.60. The molecule has 2 fully saturated rings. The quantitative estimate of drug-likeness (QED) is 0.448. The standard InChI is InChI=1S/C24H29N7O3/c1-4-9-34-24(32)31-16-5-6-17(31)12-15(11-16)25-23-18-7-8-22(33-3)26-19(18)13-20(28-23)27-21-10-14(2)29-30-21/h4,7-8,10,13,15-17H,1,5-6,9,11-12H2,2-3H3,(H3,25,27,28,29,30)/t15?,16-,17+. The minimum Gasteiger partial charge on any atom is -0.481 e. The first-order valence-electron chi connectivity index (χ1n) is 11.5. The van der Waals surface area contributed by atoms with Crippen LogP contribution in [0, 0.1) is 6.92 Å². The Balaban J connectivity index is 1.39. The summed E-state index contributed by atoms with van der Waals surface area (Å²) in [4.78, 5) is 23.9. The van der Waals surface area contributed by atoms with Gasteiger partial charge in [0.2, 0.25) is 5.88 Å². The largest absolute Gasteiger partial charge is 0.481 e. The highest BCUT2D eigenvalue weighted by molar-refractivity contribution is 5.92. The van der Waals surface area contributed by atoms with Crippen LogP contribution >= 0.6 is 0 Å². The molecule has 0 spiro atoms. The van der Waals surface area contributed by atoms with E-state index in [4.69, 9.17) is 14.5 Å². The van der Waals surface area contributed by atoms with Crippen LogP contribution < -0.4 is 15.4 Å². The summed E-state index contributed by atoms with van der Waals surface area (Å²) in [6, 6.07) is 8.10. The molecule has 3 aromatic rings. The maximum absolute atomic E-state index is 12.5. The van der Waals surface area contributed by atoms with Crippen LogP contribution in [0.1, 0.15) is 31.4 Å². The van der Waals surface area contributed by atoms with Gasteiger partial charge in [0.05, 0.1) is 12.6 Å². The molecule has 5 heterocycles. The van der Waals surface area contributed by atoms with Gasteiger partial charge in [0.1, 0.15) is 18.2 Å². The molecule has 3 N–H and O–H groups in total. The number of amides is 1. The number of carbonyl (C=O) groups is 1. The second kappa shape index (κ2) is 9.20. The van der Waals surface area contributed by atoms with Crippen LogP contribution in [0.5, 0.6) is 5.88 Å². The number of rotatable bonds is 7. The predicted octanol–water partition coefficient (Wildman–Crippen LogP) is 4.14. The van der Waals surface area contributed by atoms with Crippen LogP contribution in [-0.2, 0) is 4.74 Å². The molecule has 0 radical (unpaired) electrons. The first kappa shape index (κ1) is 22.0. The molecule has 0 aliphatic carbocycles. The maximum atomic E-state index is 12.5. The Bertz CT molecular complexity index is 1200. The molecule has 2 aliphatic heterocycles. The smallest absolute Gasteiger partial charge is 0.410 e. The summed E-state index contributed by atoms with van der Waals surface area (Å²) in [5.41, 5.74) is 1.72. The summed E-state index contributed by atoms with van der Waals surface area (Å²) in [7, 11) is 1.60. The van der Waals surface area contributed by atoms with E-state index in [9.17, 15) is 4.79 Å². The van der Waals surface area contributed by atoms with E-state index >= 15 is 0 Å². The van der Waals surface area contributed by atoms with Crippen LogP contribution in [0.4, 0.5) is 22.2 Å². The Kier molecular flexibility index (Phi) is 5.95. The van der Waals surface area contributed by atoms with E-state index in [1.54, 1.807) is 13.2 Å². The van der Waals surface area contributed by atoms with Crippen LogP contribution in [-0.4, -0.2) is 63.0 Å². The fourth-order valence-corrected chi connectivity index (χ4v) is 5.00. The number of hydrogen-bond acceptors (Lipinski definition) is 8. The molecule has 3 aromatic heterocycles. The number of anilines is 3. The Morgan fingerprint density at radius 3 is 2.71 bits per heavy atom. The Labute approximate surface area is 197 Å². The normalized spacial score (nSPS) is 21.4. The summed E-state index contributed by atoms with van der Waals surface area (Å²) < 4.78 is 10.6. The molecule has 5 rings (SSSR count). The SMILES string of the molecule is C=CCOC(=O)N1[C@@H]2CC[C@H]1CC(Nc1nc(Nc3cc(C)[nH]n3)cc3nc(OC)ccc13)C2. The van der Waals surface area contributed by atoms with Gasteiger partial charge in [-0.05, 0) is 38.7 Å². The molecular formula is C24H29N7O3. The number of piperidine rings is 1. The van der Waals surface area contributed by atoms with Crippen molar-refractivity contribution in [1.29, 1.82) is 0 Å². The van der Waals surface area contributed by atoms with Gasteiger partial charge < -0.3 is 25.0 Å². The summed E-state index contributed by atoms with van der Waals surface area (Å²) in [6.07, 6.45) is 4.99. The second-order valence-corrected chi connectivity index (χ2v) is 8.81. The van der Waals surface area contributed by atoms with Crippen LogP contribution in [0.2, 0.25) is 0 Å². The lowest BCUT2D eigenvalue weighted by Gasteiger charge is -2.38. The van der Waals surface area contributed by atoms with E-state index in [2.05, 4.69) is 32.4 Å². The number of carbonyl (C=O) groups excluding carboxylic acids is 1. The topological polar surface area (TPSA) is 117 Å². The number of hydrogen-bond donors (Lipinski definition) is 3.